The van der Waals surface area contributed by atoms with E-state index in [1.54, 1.807) is 4.90 Å². The minimum Gasteiger partial charge on any atom is -0.340 e. The average molecular weight is 176 g/mol. The highest BCUT2D eigenvalue weighted by Crippen LogP contribution is 2.15. The lowest BCUT2D eigenvalue weighted by Gasteiger charge is -2.24. The molecule has 0 N–H and O–H groups in total. The van der Waals surface area contributed by atoms with Gasteiger partial charge < -0.3 is 4.90 Å². The molecule has 2 rings (SSSR count). The lowest BCUT2D eigenvalue weighted by atomic mass is 10.1. The zero-order valence-corrected chi connectivity index (χ0v) is 7.66. The monoisotopic (exact) mass is 176 g/mol. The third-order valence-corrected chi connectivity index (χ3v) is 2.37. The summed E-state index contributed by atoms with van der Waals surface area (Å²) in [4.78, 5) is 16.8. The van der Waals surface area contributed by atoms with E-state index in [-0.39, 0.29) is 0 Å². The van der Waals surface area contributed by atoms with Crippen LogP contribution in [-0.2, 0) is 17.8 Å². The van der Waals surface area contributed by atoms with Gasteiger partial charge in [-0.1, -0.05) is 6.07 Å². The Labute approximate surface area is 77.4 Å². The molecular formula is C10H12N2O. The van der Waals surface area contributed by atoms with E-state index in [2.05, 4.69) is 11.1 Å². The van der Waals surface area contributed by atoms with Gasteiger partial charge in [-0.05, 0) is 18.6 Å². The van der Waals surface area contributed by atoms with Crippen LogP contribution in [0.15, 0.2) is 12.1 Å². The number of hydrogen-bond acceptors (Lipinski definition) is 2. The van der Waals surface area contributed by atoms with Gasteiger partial charge in [0.15, 0.2) is 0 Å². The number of nitrogens with zero attached hydrogens (tertiary/aromatic N) is 2. The van der Waals surface area contributed by atoms with Crippen molar-refractivity contribution in [1.29, 1.82) is 0 Å². The molecule has 1 aliphatic rings. The zero-order valence-electron chi connectivity index (χ0n) is 7.66. The molecule has 1 amide bonds. The Morgan fingerprint density at radius 3 is 3.15 bits per heavy atom. The largest absolute Gasteiger partial charge is 0.340 e. The summed E-state index contributed by atoms with van der Waals surface area (Å²) in [5, 5.41) is 0. The molecule has 1 aliphatic heterocycles. The molecule has 0 saturated heterocycles. The van der Waals surface area contributed by atoms with Crippen LogP contribution in [0.2, 0.25) is 0 Å². The van der Waals surface area contributed by atoms with Gasteiger partial charge in [0.05, 0.1) is 0 Å². The van der Waals surface area contributed by atoms with E-state index < -0.39 is 0 Å². The summed E-state index contributed by atoms with van der Waals surface area (Å²) in [6.07, 6.45) is 1.79. The highest BCUT2D eigenvalue weighted by molar-refractivity contribution is 5.48. The number of carbonyl (C=O) groups excluding carboxylic acids is 1. The third kappa shape index (κ3) is 1.54. The normalized spacial score (nSPS) is 15.3. The van der Waals surface area contributed by atoms with Crippen molar-refractivity contribution in [1.82, 2.24) is 9.88 Å². The molecule has 3 nitrogen and oxygen atoms in total. The van der Waals surface area contributed by atoms with Gasteiger partial charge in [0.2, 0.25) is 6.41 Å². The fraction of sp³-hybridized carbons (Fsp3) is 0.400. The average Bonchev–Trinajstić information content (AvgIpc) is 2.17. The van der Waals surface area contributed by atoms with Gasteiger partial charge in [0.25, 0.3) is 0 Å². The van der Waals surface area contributed by atoms with Crippen LogP contribution in [-0.4, -0.2) is 22.8 Å². The number of carbonyl (C=O) groups is 1. The molecular weight excluding hydrogens is 164 g/mol. The van der Waals surface area contributed by atoms with E-state index >= 15 is 0 Å². The van der Waals surface area contributed by atoms with Crippen molar-refractivity contribution in [3.05, 3.63) is 29.1 Å². The van der Waals surface area contributed by atoms with E-state index in [0.29, 0.717) is 6.54 Å². The third-order valence-electron chi connectivity index (χ3n) is 2.37. The molecule has 0 aromatic carbocycles. The van der Waals surface area contributed by atoms with Crippen LogP contribution < -0.4 is 0 Å². The van der Waals surface area contributed by atoms with Crippen molar-refractivity contribution in [2.75, 3.05) is 6.54 Å². The fourth-order valence-electron chi connectivity index (χ4n) is 1.64. The second kappa shape index (κ2) is 3.17. The van der Waals surface area contributed by atoms with Crippen molar-refractivity contribution < 1.29 is 4.79 Å². The van der Waals surface area contributed by atoms with E-state index in [4.69, 9.17) is 0 Å². The van der Waals surface area contributed by atoms with Crippen LogP contribution in [0.1, 0.15) is 17.0 Å². The summed E-state index contributed by atoms with van der Waals surface area (Å²) < 4.78 is 0. The summed E-state index contributed by atoms with van der Waals surface area (Å²) in [7, 11) is 0. The fourth-order valence-corrected chi connectivity index (χ4v) is 1.64. The van der Waals surface area contributed by atoms with Gasteiger partial charge in [-0.25, -0.2) is 0 Å². The van der Waals surface area contributed by atoms with Crippen molar-refractivity contribution in [3.8, 4) is 0 Å². The van der Waals surface area contributed by atoms with E-state index in [9.17, 15) is 4.79 Å². The molecule has 0 aliphatic carbocycles. The van der Waals surface area contributed by atoms with Crippen LogP contribution in [0.5, 0.6) is 0 Å². The van der Waals surface area contributed by atoms with Gasteiger partial charge in [0, 0.05) is 30.9 Å². The highest BCUT2D eigenvalue weighted by Gasteiger charge is 2.15. The Morgan fingerprint density at radius 1 is 1.54 bits per heavy atom. The topological polar surface area (TPSA) is 33.2 Å². The van der Waals surface area contributed by atoms with Crippen LogP contribution in [0.25, 0.3) is 0 Å². The van der Waals surface area contributed by atoms with Gasteiger partial charge in [-0.3, -0.25) is 9.78 Å². The Morgan fingerprint density at radius 2 is 2.38 bits per heavy atom. The second-order valence-corrected chi connectivity index (χ2v) is 3.38. The number of rotatable bonds is 1. The van der Waals surface area contributed by atoms with Gasteiger partial charge in [0.1, 0.15) is 0 Å². The second-order valence-electron chi connectivity index (χ2n) is 3.38. The maximum atomic E-state index is 10.5. The van der Waals surface area contributed by atoms with E-state index in [1.807, 2.05) is 13.0 Å². The molecule has 0 fully saturated rings. The van der Waals surface area contributed by atoms with Crippen molar-refractivity contribution in [2.45, 2.75) is 19.9 Å². The summed E-state index contributed by atoms with van der Waals surface area (Å²) in [5.74, 6) is 0. The minimum atomic E-state index is 0.714. The maximum Gasteiger partial charge on any atom is 0.210 e. The van der Waals surface area contributed by atoms with Crippen molar-refractivity contribution in [2.24, 2.45) is 0 Å². The number of hydrogen-bond donors (Lipinski definition) is 0. The van der Waals surface area contributed by atoms with Crippen LogP contribution in [0.3, 0.4) is 0 Å². The SMILES string of the molecule is Cc1ccc2c(n1)CCN(C=O)C2. The van der Waals surface area contributed by atoms with Crippen molar-refractivity contribution in [3.63, 3.8) is 0 Å². The van der Waals surface area contributed by atoms with Crippen LogP contribution in [0, 0.1) is 6.92 Å². The molecule has 13 heavy (non-hydrogen) atoms. The van der Waals surface area contributed by atoms with Crippen LogP contribution in [0.4, 0.5) is 0 Å². The molecule has 0 radical (unpaired) electrons. The summed E-state index contributed by atoms with van der Waals surface area (Å²) in [5.41, 5.74) is 3.39. The molecule has 0 unspecified atom stereocenters. The Balaban J connectivity index is 2.31. The molecule has 0 bridgehead atoms. The van der Waals surface area contributed by atoms with E-state index in [1.165, 1.54) is 5.56 Å². The standard InChI is InChI=1S/C10H12N2O/c1-8-2-3-9-6-12(7-13)5-4-10(9)11-8/h2-3,7H,4-6H2,1H3. The molecule has 0 spiro atoms. The Kier molecular flexibility index (Phi) is 2.00. The molecule has 0 atom stereocenters. The van der Waals surface area contributed by atoms with Gasteiger partial charge in [-0.15, -0.1) is 0 Å². The van der Waals surface area contributed by atoms with Gasteiger partial charge in [-0.2, -0.15) is 0 Å². The van der Waals surface area contributed by atoms with E-state index in [0.717, 1.165) is 30.8 Å². The summed E-state index contributed by atoms with van der Waals surface area (Å²) >= 11 is 0. The first kappa shape index (κ1) is 8.23. The molecule has 2 heterocycles. The first-order valence-electron chi connectivity index (χ1n) is 4.44. The number of amides is 1. The smallest absolute Gasteiger partial charge is 0.210 e. The predicted octanol–water partition coefficient (Wildman–Crippen LogP) is 0.905. The summed E-state index contributed by atoms with van der Waals surface area (Å²) in [6.45, 7) is 3.51. The quantitative estimate of drug-likeness (QED) is 0.596. The summed E-state index contributed by atoms with van der Waals surface area (Å²) in [6, 6.07) is 4.06. The first-order chi connectivity index (χ1) is 6.29. The minimum absolute atomic E-state index is 0.714. The Bertz CT molecular complexity index is 336. The lowest BCUT2D eigenvalue weighted by Crippen LogP contribution is -2.29. The maximum absolute atomic E-state index is 10.5. The first-order valence-corrected chi connectivity index (χ1v) is 4.44. The molecule has 68 valence electrons. The number of aryl methyl sites for hydroxylation is 1. The highest BCUT2D eigenvalue weighted by atomic mass is 16.1. The lowest BCUT2D eigenvalue weighted by molar-refractivity contribution is -0.118. The Hall–Kier alpha value is -1.38. The zero-order chi connectivity index (χ0) is 9.26. The van der Waals surface area contributed by atoms with Gasteiger partial charge >= 0.3 is 0 Å². The number of aromatic nitrogens is 1. The number of fused-ring (bicyclic) bond motifs is 1. The van der Waals surface area contributed by atoms with Crippen LogP contribution >= 0.6 is 0 Å². The molecule has 1 aromatic heterocycles. The predicted molar refractivity (Wildman–Crippen MR) is 49.2 cm³/mol. The molecule has 1 aromatic rings. The molecule has 0 saturated carbocycles. The molecule has 3 heteroatoms. The number of pyridine rings is 1. The van der Waals surface area contributed by atoms with Crippen molar-refractivity contribution >= 4 is 6.41 Å².